The van der Waals surface area contributed by atoms with Crippen molar-refractivity contribution in [3.8, 4) is 17.3 Å². The van der Waals surface area contributed by atoms with Gasteiger partial charge in [-0.05, 0) is 63.1 Å². The Balaban J connectivity index is 0.000000418. The van der Waals surface area contributed by atoms with Crippen molar-refractivity contribution < 1.29 is 22.7 Å². The molecule has 10 nitrogen and oxygen atoms in total. The number of methoxy groups -OCH3 is 1. The third-order valence-electron chi connectivity index (χ3n) is 10.2. The number of ether oxygens (including phenoxy) is 1. The standard InChI is InChI=1S/C32H28ClF2N7O2.C7H12FN/c1-18-36-13-12-20(38-18)15-25(34)31(43)42-14-6-9-21(17-42)41(2)30-23-16-37-28(27(35)29(23)39-32(40-30)44-3)22-10-4-7-19-8-5-11-24(33)26(19)22;8-6-4-7-2-1-3-9(7)5-6/h4-5,7-8,10-13,15-16,21H,6,9,14,17H2,1-3H3;6-7H,1-5H2/b25-15-;. The molecule has 3 aliphatic heterocycles. The summed E-state index contributed by atoms with van der Waals surface area (Å²) in [7, 11) is 3.21. The Morgan fingerprint density at radius 3 is 2.60 bits per heavy atom. The van der Waals surface area contributed by atoms with Crippen LogP contribution < -0.4 is 9.64 Å². The number of pyridine rings is 1. The summed E-state index contributed by atoms with van der Waals surface area (Å²) in [4.78, 5) is 40.2. The van der Waals surface area contributed by atoms with Crippen molar-refractivity contribution in [3.05, 3.63) is 83.0 Å². The second-order valence-corrected chi connectivity index (χ2v) is 14.1. The molecule has 3 atom stereocenters. The Kier molecular flexibility index (Phi) is 10.7. The Morgan fingerprint density at radius 1 is 1.04 bits per heavy atom. The first-order valence-corrected chi connectivity index (χ1v) is 18.1. The summed E-state index contributed by atoms with van der Waals surface area (Å²) in [5, 5.41) is 2.39. The number of carbonyl (C=O) groups excluding carboxylic acids is 1. The Bertz CT molecular complexity index is 2170. The van der Waals surface area contributed by atoms with Crippen LogP contribution in [0.15, 0.2) is 60.7 Å². The molecule has 3 aromatic heterocycles. The van der Waals surface area contributed by atoms with E-state index in [-0.39, 0.29) is 29.8 Å². The molecule has 3 saturated heterocycles. The molecule has 53 heavy (non-hydrogen) atoms. The molecule has 276 valence electrons. The second kappa shape index (κ2) is 15.6. The Hall–Kier alpha value is -4.88. The van der Waals surface area contributed by atoms with Crippen molar-refractivity contribution in [1.29, 1.82) is 0 Å². The second-order valence-electron chi connectivity index (χ2n) is 13.7. The van der Waals surface area contributed by atoms with Crippen LogP contribution in [0.1, 0.15) is 43.6 Å². The molecule has 3 unspecified atom stereocenters. The van der Waals surface area contributed by atoms with Crippen LogP contribution in [0.5, 0.6) is 6.01 Å². The highest BCUT2D eigenvalue weighted by Gasteiger charge is 2.35. The van der Waals surface area contributed by atoms with Crippen LogP contribution in [0.3, 0.4) is 0 Å². The molecule has 1 amide bonds. The molecule has 5 aromatic rings. The Labute approximate surface area is 310 Å². The van der Waals surface area contributed by atoms with Gasteiger partial charge in [-0.2, -0.15) is 9.97 Å². The fraction of sp³-hybridized carbons (Fsp3) is 0.385. The lowest BCUT2D eigenvalue weighted by atomic mass is 10.0. The normalized spacial score (nSPS) is 20.3. The van der Waals surface area contributed by atoms with Gasteiger partial charge in [0, 0.05) is 73.2 Å². The number of rotatable bonds is 6. The van der Waals surface area contributed by atoms with Crippen LogP contribution in [0.25, 0.3) is 39.0 Å². The minimum absolute atomic E-state index is 0.0239. The molecule has 0 saturated carbocycles. The zero-order chi connectivity index (χ0) is 37.2. The number of piperidine rings is 1. The lowest BCUT2D eigenvalue weighted by Crippen LogP contribution is -2.49. The smallest absolute Gasteiger partial charge is 0.318 e. The molecule has 3 aliphatic rings. The quantitative estimate of drug-likeness (QED) is 0.165. The number of carbonyl (C=O) groups is 1. The third kappa shape index (κ3) is 7.63. The van der Waals surface area contributed by atoms with E-state index in [1.165, 1.54) is 43.3 Å². The number of alkyl halides is 1. The van der Waals surface area contributed by atoms with Crippen LogP contribution in [0.4, 0.5) is 19.0 Å². The molecule has 14 heteroatoms. The van der Waals surface area contributed by atoms with Gasteiger partial charge in [-0.3, -0.25) is 14.7 Å². The van der Waals surface area contributed by atoms with Gasteiger partial charge in [0.25, 0.3) is 5.91 Å². The van der Waals surface area contributed by atoms with Gasteiger partial charge in [0.15, 0.2) is 11.6 Å². The molecule has 2 aromatic carbocycles. The molecular weight excluding hydrogens is 705 g/mol. The van der Waals surface area contributed by atoms with Crippen LogP contribution in [0, 0.1) is 12.7 Å². The lowest BCUT2D eigenvalue weighted by Gasteiger charge is -2.38. The average Bonchev–Trinajstić information content (AvgIpc) is 3.75. The van der Waals surface area contributed by atoms with Crippen molar-refractivity contribution in [1.82, 2.24) is 34.7 Å². The average molecular weight is 745 g/mol. The number of nitrogens with zero attached hydrogens (tertiary/aromatic N) is 8. The number of halogens is 4. The minimum Gasteiger partial charge on any atom is -0.467 e. The van der Waals surface area contributed by atoms with Gasteiger partial charge in [0.2, 0.25) is 0 Å². The molecule has 3 fully saturated rings. The SMILES string of the molecule is COc1nc(N(C)C2CCCN(C(=O)/C(F)=C/c3ccnc(C)n3)C2)c2cnc(-c3cccc4cccc(Cl)c34)c(F)c2n1.FC1CC2CCCN2C1. The van der Waals surface area contributed by atoms with E-state index in [1.54, 1.807) is 26.1 Å². The first-order chi connectivity index (χ1) is 25.6. The van der Waals surface area contributed by atoms with E-state index in [1.807, 2.05) is 29.2 Å². The first-order valence-electron chi connectivity index (χ1n) is 17.8. The maximum Gasteiger partial charge on any atom is 0.318 e. The van der Waals surface area contributed by atoms with Gasteiger partial charge >= 0.3 is 6.01 Å². The van der Waals surface area contributed by atoms with E-state index in [0.717, 1.165) is 24.4 Å². The summed E-state index contributed by atoms with van der Waals surface area (Å²) < 4.78 is 49.3. The zero-order valence-corrected chi connectivity index (χ0v) is 30.5. The molecule has 0 N–H and O–H groups in total. The number of anilines is 1. The fourth-order valence-corrected chi connectivity index (χ4v) is 7.90. The maximum atomic E-state index is 16.3. The summed E-state index contributed by atoms with van der Waals surface area (Å²) in [6.45, 7) is 4.18. The summed E-state index contributed by atoms with van der Waals surface area (Å²) in [5.41, 5.74) is 0.980. The topological polar surface area (TPSA) is 100 Å². The molecule has 8 rings (SSSR count). The van der Waals surface area contributed by atoms with Crippen LogP contribution in [-0.2, 0) is 4.79 Å². The third-order valence-corrected chi connectivity index (χ3v) is 10.6. The van der Waals surface area contributed by atoms with Crippen molar-refractivity contribution >= 4 is 51.1 Å². The summed E-state index contributed by atoms with van der Waals surface area (Å²) in [5.74, 6) is -1.42. The Morgan fingerprint density at radius 2 is 1.83 bits per heavy atom. The van der Waals surface area contributed by atoms with E-state index in [0.29, 0.717) is 70.7 Å². The number of likely N-dealkylation sites (N-methyl/N-ethyl adjacent to an activating group) is 1. The number of hydrogen-bond donors (Lipinski definition) is 0. The number of hydrogen-bond acceptors (Lipinski definition) is 9. The molecule has 0 aliphatic carbocycles. The number of likely N-dealkylation sites (tertiary alicyclic amines) is 1. The summed E-state index contributed by atoms with van der Waals surface area (Å²) in [6, 6.07) is 12.9. The molecule has 0 radical (unpaired) electrons. The van der Waals surface area contributed by atoms with E-state index < -0.39 is 23.7 Å². The van der Waals surface area contributed by atoms with E-state index in [2.05, 4.69) is 29.8 Å². The number of benzene rings is 2. The van der Waals surface area contributed by atoms with Crippen molar-refractivity contribution in [2.75, 3.05) is 45.2 Å². The van der Waals surface area contributed by atoms with Gasteiger partial charge in [0.05, 0.1) is 18.2 Å². The lowest BCUT2D eigenvalue weighted by molar-refractivity contribution is -0.129. The van der Waals surface area contributed by atoms with Crippen LogP contribution >= 0.6 is 11.6 Å². The number of aryl methyl sites for hydroxylation is 1. The molecule has 0 bridgehead atoms. The molecule has 6 heterocycles. The van der Waals surface area contributed by atoms with Gasteiger partial charge < -0.3 is 14.5 Å². The van der Waals surface area contributed by atoms with E-state index in [9.17, 15) is 9.18 Å². The van der Waals surface area contributed by atoms with Crippen molar-refractivity contribution in [3.63, 3.8) is 0 Å². The summed E-state index contributed by atoms with van der Waals surface area (Å²) >= 11 is 6.52. The van der Waals surface area contributed by atoms with Crippen LogP contribution in [0.2, 0.25) is 5.02 Å². The minimum atomic E-state index is -0.909. The number of aromatic nitrogens is 5. The van der Waals surface area contributed by atoms with Crippen molar-refractivity contribution in [2.24, 2.45) is 0 Å². The summed E-state index contributed by atoms with van der Waals surface area (Å²) in [6.07, 6.45) is 8.31. The predicted octanol–water partition coefficient (Wildman–Crippen LogP) is 7.37. The van der Waals surface area contributed by atoms with Gasteiger partial charge in [-0.1, -0.05) is 41.9 Å². The predicted molar refractivity (Wildman–Crippen MR) is 200 cm³/mol. The van der Waals surface area contributed by atoms with E-state index in [4.69, 9.17) is 16.3 Å². The van der Waals surface area contributed by atoms with Gasteiger partial charge in [-0.25, -0.2) is 23.1 Å². The monoisotopic (exact) mass is 744 g/mol. The fourth-order valence-electron chi connectivity index (χ4n) is 7.61. The number of amides is 1. The highest BCUT2D eigenvalue weighted by atomic mass is 35.5. The number of fused-ring (bicyclic) bond motifs is 3. The van der Waals surface area contributed by atoms with Gasteiger partial charge in [0.1, 0.15) is 29.0 Å². The largest absolute Gasteiger partial charge is 0.467 e. The highest BCUT2D eigenvalue weighted by molar-refractivity contribution is 6.36. The molecular formula is C39H40ClF3N8O2. The molecule has 0 spiro atoms. The van der Waals surface area contributed by atoms with Crippen LogP contribution in [-0.4, -0.2) is 99.2 Å². The highest BCUT2D eigenvalue weighted by Crippen LogP contribution is 2.38. The maximum absolute atomic E-state index is 16.3. The first kappa shape index (κ1) is 36.5. The zero-order valence-electron chi connectivity index (χ0n) is 29.8. The van der Waals surface area contributed by atoms with Gasteiger partial charge in [-0.15, -0.1) is 0 Å². The van der Waals surface area contributed by atoms with E-state index >= 15 is 8.78 Å². The van der Waals surface area contributed by atoms with Crippen molar-refractivity contribution in [2.45, 2.75) is 57.3 Å².